The van der Waals surface area contributed by atoms with Crippen molar-refractivity contribution in [1.82, 2.24) is 25.3 Å². The maximum atomic E-state index is 12.7. The molecule has 28 heavy (non-hydrogen) atoms. The zero-order chi connectivity index (χ0) is 17.9. The minimum Gasteiger partial charge on any atom is -0.340 e. The molecule has 2 aromatic heterocycles. The van der Waals surface area contributed by atoms with Crippen molar-refractivity contribution in [2.45, 2.75) is 25.8 Å². The Kier molecular flexibility index (Phi) is 8.70. The summed E-state index contributed by atoms with van der Waals surface area (Å²) in [4.78, 5) is 22.6. The molecule has 0 aliphatic carbocycles. The predicted molar refractivity (Wildman–Crippen MR) is 114 cm³/mol. The lowest BCUT2D eigenvalue weighted by atomic mass is 9.98. The van der Waals surface area contributed by atoms with Gasteiger partial charge in [-0.05, 0) is 37.8 Å². The van der Waals surface area contributed by atoms with E-state index in [1.165, 1.54) is 0 Å². The summed E-state index contributed by atoms with van der Waals surface area (Å²) in [5.74, 6) is 1.75. The van der Waals surface area contributed by atoms with E-state index in [4.69, 9.17) is 4.52 Å². The summed E-state index contributed by atoms with van der Waals surface area (Å²) < 4.78 is 5.49. The number of amides is 1. The quantitative estimate of drug-likeness (QED) is 0.776. The van der Waals surface area contributed by atoms with Crippen LogP contribution in [0.25, 0.3) is 10.7 Å². The van der Waals surface area contributed by atoms with Gasteiger partial charge in [0.25, 0.3) is 0 Å². The van der Waals surface area contributed by atoms with E-state index in [1.54, 1.807) is 11.3 Å². The van der Waals surface area contributed by atoms with Crippen molar-refractivity contribution >= 4 is 42.1 Å². The standard InChI is InChI=1S/C18H25N5O2S.2ClH/c1-13(17-20-16(21-25-17)15-5-3-11-26-15)22-7-9-23(10-8-22)18(24)14-4-2-6-19-12-14;;/h3,5,11,13-14,19H,2,4,6-10,12H2,1H3;2*1H. The summed E-state index contributed by atoms with van der Waals surface area (Å²) in [5.41, 5.74) is 0. The van der Waals surface area contributed by atoms with Crippen LogP contribution < -0.4 is 5.32 Å². The molecule has 0 saturated carbocycles. The summed E-state index contributed by atoms with van der Waals surface area (Å²) in [6, 6.07) is 4.04. The minimum absolute atomic E-state index is 0. The van der Waals surface area contributed by atoms with Gasteiger partial charge in [0.2, 0.25) is 17.6 Å². The molecule has 7 nitrogen and oxygen atoms in total. The summed E-state index contributed by atoms with van der Waals surface area (Å²) >= 11 is 1.61. The highest BCUT2D eigenvalue weighted by molar-refractivity contribution is 7.13. The van der Waals surface area contributed by atoms with Crippen molar-refractivity contribution in [1.29, 1.82) is 0 Å². The van der Waals surface area contributed by atoms with Gasteiger partial charge < -0.3 is 14.7 Å². The Labute approximate surface area is 181 Å². The first-order valence-electron chi connectivity index (χ1n) is 9.33. The molecule has 0 radical (unpaired) electrons. The molecule has 1 amide bonds. The van der Waals surface area contributed by atoms with Crippen LogP contribution in [0.3, 0.4) is 0 Å². The van der Waals surface area contributed by atoms with Crippen molar-refractivity contribution in [2.75, 3.05) is 39.3 Å². The Bertz CT molecular complexity index is 728. The van der Waals surface area contributed by atoms with Crippen LogP contribution in [0.2, 0.25) is 0 Å². The average molecular weight is 448 g/mol. The highest BCUT2D eigenvalue weighted by Crippen LogP contribution is 2.26. The van der Waals surface area contributed by atoms with E-state index in [0.717, 1.165) is 57.0 Å². The molecule has 10 heteroatoms. The topological polar surface area (TPSA) is 74.5 Å². The smallest absolute Gasteiger partial charge is 0.244 e. The lowest BCUT2D eigenvalue weighted by Crippen LogP contribution is -2.52. The Hall–Kier alpha value is -1.19. The van der Waals surface area contributed by atoms with Gasteiger partial charge in [-0.3, -0.25) is 9.69 Å². The summed E-state index contributed by atoms with van der Waals surface area (Å²) in [7, 11) is 0. The fraction of sp³-hybridized carbons (Fsp3) is 0.611. The molecule has 0 bridgehead atoms. The molecular weight excluding hydrogens is 421 g/mol. The number of halogens is 2. The number of nitrogens with one attached hydrogen (secondary N) is 1. The van der Waals surface area contributed by atoms with E-state index < -0.39 is 0 Å². The number of carbonyl (C=O) groups is 1. The number of hydrogen-bond donors (Lipinski definition) is 1. The van der Waals surface area contributed by atoms with Crippen LogP contribution in [0.15, 0.2) is 22.0 Å². The van der Waals surface area contributed by atoms with Crippen molar-refractivity contribution < 1.29 is 9.32 Å². The minimum atomic E-state index is 0. The Morgan fingerprint density at radius 1 is 1.32 bits per heavy atom. The van der Waals surface area contributed by atoms with E-state index in [2.05, 4.69) is 27.3 Å². The van der Waals surface area contributed by atoms with Gasteiger partial charge in [-0.25, -0.2) is 0 Å². The predicted octanol–water partition coefficient (Wildman–Crippen LogP) is 2.85. The van der Waals surface area contributed by atoms with E-state index in [0.29, 0.717) is 17.6 Å². The van der Waals surface area contributed by atoms with E-state index in [1.807, 2.05) is 22.4 Å². The molecule has 156 valence electrons. The third-order valence-electron chi connectivity index (χ3n) is 5.36. The Morgan fingerprint density at radius 3 is 2.75 bits per heavy atom. The first kappa shape index (κ1) is 23.1. The van der Waals surface area contributed by atoms with Crippen LogP contribution >= 0.6 is 36.2 Å². The molecule has 0 aromatic carbocycles. The molecule has 0 spiro atoms. The second-order valence-electron chi connectivity index (χ2n) is 7.01. The summed E-state index contributed by atoms with van der Waals surface area (Å²) in [5, 5.41) is 9.44. The number of piperidine rings is 1. The number of rotatable bonds is 4. The molecule has 2 aliphatic rings. The Morgan fingerprint density at radius 2 is 2.11 bits per heavy atom. The van der Waals surface area contributed by atoms with Gasteiger partial charge in [0, 0.05) is 32.7 Å². The Balaban J connectivity index is 0.00000140. The van der Waals surface area contributed by atoms with Gasteiger partial charge in [-0.2, -0.15) is 4.98 Å². The normalized spacial score (nSPS) is 21.5. The average Bonchev–Trinajstić information content (AvgIpc) is 3.39. The SMILES string of the molecule is CC(c1nc(-c2cccs2)no1)N1CCN(C(=O)C2CCCNC2)CC1.Cl.Cl. The molecule has 2 saturated heterocycles. The molecule has 2 fully saturated rings. The van der Waals surface area contributed by atoms with Gasteiger partial charge in [0.1, 0.15) is 0 Å². The largest absolute Gasteiger partial charge is 0.340 e. The van der Waals surface area contributed by atoms with Crippen LogP contribution in [0.5, 0.6) is 0 Å². The molecular formula is C18H27Cl2N5O2S. The van der Waals surface area contributed by atoms with Crippen LogP contribution in [0.4, 0.5) is 0 Å². The van der Waals surface area contributed by atoms with E-state index >= 15 is 0 Å². The lowest BCUT2D eigenvalue weighted by molar-refractivity contribution is -0.138. The number of hydrogen-bond acceptors (Lipinski definition) is 7. The number of piperazine rings is 1. The second-order valence-corrected chi connectivity index (χ2v) is 7.96. The maximum Gasteiger partial charge on any atom is 0.244 e. The fourth-order valence-electron chi connectivity index (χ4n) is 3.72. The van der Waals surface area contributed by atoms with E-state index in [9.17, 15) is 4.79 Å². The van der Waals surface area contributed by atoms with Crippen LogP contribution in [-0.2, 0) is 4.79 Å². The third-order valence-corrected chi connectivity index (χ3v) is 6.23. The molecule has 2 atom stereocenters. The monoisotopic (exact) mass is 447 g/mol. The van der Waals surface area contributed by atoms with Gasteiger partial charge >= 0.3 is 0 Å². The first-order chi connectivity index (χ1) is 12.7. The zero-order valence-electron chi connectivity index (χ0n) is 15.9. The molecule has 1 N–H and O–H groups in total. The number of aromatic nitrogens is 2. The van der Waals surface area contributed by atoms with Gasteiger partial charge in [-0.1, -0.05) is 11.2 Å². The number of nitrogens with zero attached hydrogens (tertiary/aromatic N) is 4. The fourth-order valence-corrected chi connectivity index (χ4v) is 4.37. The van der Waals surface area contributed by atoms with Gasteiger partial charge in [-0.15, -0.1) is 36.2 Å². The van der Waals surface area contributed by atoms with Gasteiger partial charge in [0.05, 0.1) is 16.8 Å². The maximum absolute atomic E-state index is 12.7. The number of thiophene rings is 1. The third kappa shape index (κ3) is 5.04. The van der Waals surface area contributed by atoms with Crippen molar-refractivity contribution in [3.63, 3.8) is 0 Å². The first-order valence-corrected chi connectivity index (χ1v) is 10.2. The molecule has 4 rings (SSSR count). The van der Waals surface area contributed by atoms with E-state index in [-0.39, 0.29) is 36.8 Å². The highest BCUT2D eigenvalue weighted by Gasteiger charge is 2.31. The highest BCUT2D eigenvalue weighted by atomic mass is 35.5. The summed E-state index contributed by atoms with van der Waals surface area (Å²) in [6.07, 6.45) is 2.10. The molecule has 2 unspecified atom stereocenters. The van der Waals surface area contributed by atoms with Crippen molar-refractivity contribution in [3.8, 4) is 10.7 Å². The zero-order valence-corrected chi connectivity index (χ0v) is 18.3. The number of carbonyl (C=O) groups excluding carboxylic acids is 1. The van der Waals surface area contributed by atoms with Crippen molar-refractivity contribution in [3.05, 3.63) is 23.4 Å². The molecule has 2 aromatic rings. The van der Waals surface area contributed by atoms with Crippen molar-refractivity contribution in [2.24, 2.45) is 5.92 Å². The second kappa shape index (κ2) is 10.5. The van der Waals surface area contributed by atoms with Crippen LogP contribution in [0.1, 0.15) is 31.7 Å². The van der Waals surface area contributed by atoms with Crippen LogP contribution in [-0.4, -0.2) is 65.1 Å². The van der Waals surface area contributed by atoms with Gasteiger partial charge in [0.15, 0.2) is 0 Å². The lowest BCUT2D eigenvalue weighted by Gasteiger charge is -2.38. The van der Waals surface area contributed by atoms with Crippen LogP contribution in [0, 0.1) is 5.92 Å². The molecule has 2 aliphatic heterocycles. The molecule has 4 heterocycles. The summed E-state index contributed by atoms with van der Waals surface area (Å²) in [6.45, 7) is 7.16.